The fraction of sp³-hybridized carbons (Fsp3) is 0. The lowest BCUT2D eigenvalue weighted by atomic mass is 10.0. The van der Waals surface area contributed by atoms with Gasteiger partial charge in [0.1, 0.15) is 0 Å². The normalized spacial score (nSPS) is 10.8. The molecule has 0 unspecified atom stereocenters. The average Bonchev–Trinajstić information content (AvgIpc) is 2.45. The molecular weight excluding hydrogens is 376 g/mol. The molecule has 0 saturated heterocycles. The van der Waals surface area contributed by atoms with E-state index in [9.17, 15) is 4.79 Å². The smallest absolute Gasteiger partial charge is 0.255 e. The molecule has 1 aromatic heterocycles. The Morgan fingerprint density at radius 3 is 1.61 bits per heavy atom. The van der Waals surface area contributed by atoms with Crippen molar-refractivity contribution in [3.05, 3.63) is 79.1 Å². The van der Waals surface area contributed by atoms with Crippen molar-refractivity contribution < 1.29 is 0 Å². The molecule has 0 saturated carbocycles. The lowest BCUT2D eigenvalue weighted by Gasteiger charge is -2.07. The van der Waals surface area contributed by atoms with Crippen LogP contribution in [0.15, 0.2) is 53.5 Å². The second-order valence-electron chi connectivity index (χ2n) is 4.95. The summed E-state index contributed by atoms with van der Waals surface area (Å²) >= 11 is 24.1. The zero-order valence-electron chi connectivity index (χ0n) is 11.5. The second-order valence-corrected chi connectivity index (χ2v) is 6.69. The Bertz CT molecular complexity index is 909. The van der Waals surface area contributed by atoms with Gasteiger partial charge >= 0.3 is 0 Å². The molecule has 2 aromatic carbocycles. The summed E-state index contributed by atoms with van der Waals surface area (Å²) in [6.07, 6.45) is 1.61. The van der Waals surface area contributed by atoms with Crippen LogP contribution in [0.1, 0.15) is 0 Å². The van der Waals surface area contributed by atoms with Gasteiger partial charge < -0.3 is 4.98 Å². The Kier molecular flexibility index (Phi) is 4.69. The number of rotatable bonds is 2. The number of nitrogens with one attached hydrogen (secondary N) is 1. The Balaban J connectivity index is 2.18. The highest BCUT2D eigenvalue weighted by atomic mass is 35.5. The highest BCUT2D eigenvalue weighted by Gasteiger charge is 2.09. The molecule has 0 radical (unpaired) electrons. The summed E-state index contributed by atoms with van der Waals surface area (Å²) in [5, 5.41) is 1.96. The first-order chi connectivity index (χ1) is 10.9. The Morgan fingerprint density at radius 1 is 0.609 bits per heavy atom. The first kappa shape index (κ1) is 16.4. The van der Waals surface area contributed by atoms with Gasteiger partial charge in [0, 0.05) is 31.9 Å². The molecule has 1 N–H and O–H groups in total. The van der Waals surface area contributed by atoms with Gasteiger partial charge in [-0.15, -0.1) is 0 Å². The van der Waals surface area contributed by atoms with Crippen LogP contribution >= 0.6 is 46.4 Å². The first-order valence-corrected chi connectivity index (χ1v) is 8.09. The molecule has 116 valence electrons. The third-order valence-electron chi connectivity index (χ3n) is 3.27. The maximum Gasteiger partial charge on any atom is 0.255 e. The van der Waals surface area contributed by atoms with E-state index in [-0.39, 0.29) is 5.56 Å². The van der Waals surface area contributed by atoms with E-state index in [0.717, 1.165) is 11.1 Å². The van der Waals surface area contributed by atoms with E-state index >= 15 is 0 Å². The number of pyridine rings is 1. The Morgan fingerprint density at radius 2 is 1.09 bits per heavy atom. The standard InChI is InChI=1S/C17H9Cl4NO/c18-12-1-9(2-13(19)6-12)11-5-16(17(23)22-8-11)10-3-14(20)7-15(21)4-10/h1-8H,(H,22,23). The quantitative estimate of drug-likeness (QED) is 0.550. The third kappa shape index (κ3) is 3.73. The van der Waals surface area contributed by atoms with E-state index in [2.05, 4.69) is 4.98 Å². The van der Waals surface area contributed by atoms with Crippen molar-refractivity contribution in [2.24, 2.45) is 0 Å². The number of aromatic amines is 1. The van der Waals surface area contributed by atoms with E-state index in [1.807, 2.05) is 0 Å². The van der Waals surface area contributed by atoms with Gasteiger partial charge in [-0.2, -0.15) is 0 Å². The topological polar surface area (TPSA) is 32.9 Å². The van der Waals surface area contributed by atoms with Gasteiger partial charge in [0.05, 0.1) is 0 Å². The molecule has 3 rings (SSSR count). The minimum atomic E-state index is -0.236. The molecule has 0 bridgehead atoms. The maximum atomic E-state index is 12.2. The molecule has 0 aliphatic rings. The zero-order valence-corrected chi connectivity index (χ0v) is 14.6. The van der Waals surface area contributed by atoms with Gasteiger partial charge in [-0.3, -0.25) is 4.79 Å². The lowest BCUT2D eigenvalue weighted by Crippen LogP contribution is -2.08. The van der Waals surface area contributed by atoms with Crippen LogP contribution in [0.5, 0.6) is 0 Å². The third-order valence-corrected chi connectivity index (χ3v) is 4.15. The van der Waals surface area contributed by atoms with Crippen LogP contribution in [0, 0.1) is 0 Å². The summed E-state index contributed by atoms with van der Waals surface area (Å²) in [7, 11) is 0. The van der Waals surface area contributed by atoms with Gasteiger partial charge in [0.25, 0.3) is 5.56 Å². The monoisotopic (exact) mass is 383 g/mol. The summed E-state index contributed by atoms with van der Waals surface area (Å²) in [6.45, 7) is 0. The van der Waals surface area contributed by atoms with Gasteiger partial charge in [-0.1, -0.05) is 46.4 Å². The number of benzene rings is 2. The van der Waals surface area contributed by atoms with Crippen LogP contribution in [0.4, 0.5) is 0 Å². The maximum absolute atomic E-state index is 12.2. The first-order valence-electron chi connectivity index (χ1n) is 6.58. The van der Waals surface area contributed by atoms with Crippen LogP contribution in [0.25, 0.3) is 22.3 Å². The number of hydrogen-bond donors (Lipinski definition) is 1. The van der Waals surface area contributed by atoms with E-state index in [1.54, 1.807) is 48.7 Å². The highest BCUT2D eigenvalue weighted by Crippen LogP contribution is 2.30. The average molecular weight is 385 g/mol. The Labute approximate surface area is 152 Å². The molecule has 3 aromatic rings. The summed E-state index contributed by atoms with van der Waals surface area (Å²) in [4.78, 5) is 14.9. The minimum absolute atomic E-state index is 0.236. The fourth-order valence-electron chi connectivity index (χ4n) is 2.29. The van der Waals surface area contributed by atoms with E-state index in [1.165, 1.54) is 0 Å². The largest absolute Gasteiger partial charge is 0.328 e. The fourth-order valence-corrected chi connectivity index (χ4v) is 3.35. The summed E-state index contributed by atoms with van der Waals surface area (Å²) < 4.78 is 0. The SMILES string of the molecule is O=c1[nH]cc(-c2cc(Cl)cc(Cl)c2)cc1-c1cc(Cl)cc(Cl)c1. The molecule has 23 heavy (non-hydrogen) atoms. The van der Waals surface area contributed by atoms with Crippen molar-refractivity contribution >= 4 is 46.4 Å². The molecule has 2 nitrogen and oxygen atoms in total. The predicted molar refractivity (Wildman–Crippen MR) is 98.0 cm³/mol. The lowest BCUT2D eigenvalue weighted by molar-refractivity contribution is 1.24. The molecular formula is C17H9Cl4NO. The van der Waals surface area contributed by atoms with Crippen molar-refractivity contribution in [1.82, 2.24) is 4.98 Å². The van der Waals surface area contributed by atoms with Crippen LogP contribution in [0.2, 0.25) is 20.1 Å². The summed E-state index contributed by atoms with van der Waals surface area (Å²) in [5.74, 6) is 0. The number of halogens is 4. The van der Waals surface area contributed by atoms with Crippen molar-refractivity contribution in [2.45, 2.75) is 0 Å². The van der Waals surface area contributed by atoms with Crippen LogP contribution in [-0.2, 0) is 0 Å². The van der Waals surface area contributed by atoms with E-state index in [4.69, 9.17) is 46.4 Å². The zero-order chi connectivity index (χ0) is 16.6. The highest BCUT2D eigenvalue weighted by molar-refractivity contribution is 6.35. The second kappa shape index (κ2) is 6.58. The molecule has 0 fully saturated rings. The van der Waals surface area contributed by atoms with Crippen LogP contribution in [-0.4, -0.2) is 4.98 Å². The van der Waals surface area contributed by atoms with Crippen molar-refractivity contribution in [1.29, 1.82) is 0 Å². The molecule has 0 spiro atoms. The number of H-pyrrole nitrogens is 1. The minimum Gasteiger partial charge on any atom is -0.328 e. The number of aromatic nitrogens is 1. The van der Waals surface area contributed by atoms with Crippen LogP contribution < -0.4 is 5.56 Å². The van der Waals surface area contributed by atoms with Gasteiger partial charge in [-0.05, 0) is 59.2 Å². The van der Waals surface area contributed by atoms with Gasteiger partial charge in [0.15, 0.2) is 0 Å². The van der Waals surface area contributed by atoms with Crippen LogP contribution in [0.3, 0.4) is 0 Å². The molecule has 1 heterocycles. The van der Waals surface area contributed by atoms with Crippen molar-refractivity contribution in [2.75, 3.05) is 0 Å². The molecule has 0 aliphatic carbocycles. The molecule has 6 heteroatoms. The molecule has 0 amide bonds. The Hall–Kier alpha value is -1.45. The van der Waals surface area contributed by atoms with Gasteiger partial charge in [-0.25, -0.2) is 0 Å². The van der Waals surface area contributed by atoms with E-state index in [0.29, 0.717) is 31.2 Å². The number of hydrogen-bond acceptors (Lipinski definition) is 1. The summed E-state index contributed by atoms with van der Waals surface area (Å²) in [6, 6.07) is 11.9. The molecule has 0 atom stereocenters. The van der Waals surface area contributed by atoms with E-state index < -0.39 is 0 Å². The van der Waals surface area contributed by atoms with Crippen molar-refractivity contribution in [3.63, 3.8) is 0 Å². The molecule has 0 aliphatic heterocycles. The van der Waals surface area contributed by atoms with Gasteiger partial charge in [0.2, 0.25) is 0 Å². The summed E-state index contributed by atoms with van der Waals surface area (Å²) in [5.41, 5.74) is 2.44. The van der Waals surface area contributed by atoms with Crippen molar-refractivity contribution in [3.8, 4) is 22.3 Å². The predicted octanol–water partition coefficient (Wildman–Crippen LogP) is 6.32.